The van der Waals surface area contributed by atoms with Crippen LogP contribution in [0.25, 0.3) is 0 Å². The van der Waals surface area contributed by atoms with Crippen molar-refractivity contribution in [3.05, 3.63) is 11.5 Å². The van der Waals surface area contributed by atoms with Gasteiger partial charge < -0.3 is 4.43 Å². The van der Waals surface area contributed by atoms with Crippen molar-refractivity contribution in [2.45, 2.75) is 37.9 Å². The molecule has 0 amide bonds. The molecule has 1 atom stereocenters. The topological polar surface area (TPSA) is 9.23 Å². The molecule has 3 heteroatoms. The standard InChI is InChI=1S/C8H16OSSi/c1-11(2,3)9-8-6-4-5-7-10-8/h5,7-8H,4,6H2,1-3H3. The lowest BCUT2D eigenvalue weighted by Gasteiger charge is -2.26. The third-order valence-corrected chi connectivity index (χ3v) is 3.53. The molecule has 0 saturated carbocycles. The SMILES string of the molecule is C[Si](C)(C)OC1CCC=CS1. The first kappa shape index (κ1) is 9.36. The maximum Gasteiger partial charge on any atom is 0.185 e. The zero-order valence-electron chi connectivity index (χ0n) is 7.46. The van der Waals surface area contributed by atoms with Crippen LogP contribution in [0.2, 0.25) is 19.6 Å². The molecule has 1 rings (SSSR count). The van der Waals surface area contributed by atoms with Gasteiger partial charge in [0.1, 0.15) is 0 Å². The fourth-order valence-corrected chi connectivity index (χ4v) is 3.68. The summed E-state index contributed by atoms with van der Waals surface area (Å²) < 4.78 is 5.93. The van der Waals surface area contributed by atoms with Gasteiger partial charge in [-0.15, -0.1) is 11.8 Å². The molecule has 1 heterocycles. The van der Waals surface area contributed by atoms with Gasteiger partial charge in [-0.2, -0.15) is 0 Å². The number of hydrogen-bond acceptors (Lipinski definition) is 2. The van der Waals surface area contributed by atoms with E-state index in [2.05, 4.69) is 31.1 Å². The molecule has 0 saturated heterocycles. The zero-order chi connectivity index (χ0) is 8.32. The van der Waals surface area contributed by atoms with E-state index in [4.69, 9.17) is 4.43 Å². The summed E-state index contributed by atoms with van der Waals surface area (Å²) in [4.78, 5) is 0. The lowest BCUT2D eigenvalue weighted by Crippen LogP contribution is -2.30. The minimum absolute atomic E-state index is 0.437. The van der Waals surface area contributed by atoms with Crippen LogP contribution in [0.15, 0.2) is 11.5 Å². The van der Waals surface area contributed by atoms with Crippen LogP contribution in [-0.4, -0.2) is 13.8 Å². The average Bonchev–Trinajstić information content (AvgIpc) is 1.85. The maximum absolute atomic E-state index is 5.93. The molecule has 0 bridgehead atoms. The average molecular weight is 188 g/mol. The highest BCUT2D eigenvalue weighted by atomic mass is 32.2. The molecule has 0 aliphatic carbocycles. The van der Waals surface area contributed by atoms with Gasteiger partial charge in [-0.25, -0.2) is 0 Å². The van der Waals surface area contributed by atoms with Crippen molar-refractivity contribution in [1.29, 1.82) is 0 Å². The fraction of sp³-hybridized carbons (Fsp3) is 0.750. The molecule has 11 heavy (non-hydrogen) atoms. The summed E-state index contributed by atoms with van der Waals surface area (Å²) in [6, 6.07) is 0. The van der Waals surface area contributed by atoms with Crippen LogP contribution < -0.4 is 0 Å². The van der Waals surface area contributed by atoms with E-state index in [1.165, 1.54) is 12.8 Å². The molecule has 0 radical (unpaired) electrons. The smallest absolute Gasteiger partial charge is 0.185 e. The lowest BCUT2D eigenvalue weighted by molar-refractivity contribution is 0.271. The van der Waals surface area contributed by atoms with E-state index >= 15 is 0 Å². The second-order valence-corrected chi connectivity index (χ2v) is 9.28. The van der Waals surface area contributed by atoms with Crippen LogP contribution in [0.4, 0.5) is 0 Å². The highest BCUT2D eigenvalue weighted by Crippen LogP contribution is 2.26. The number of allylic oxidation sites excluding steroid dienone is 1. The number of rotatable bonds is 2. The van der Waals surface area contributed by atoms with Crippen molar-refractivity contribution in [3.8, 4) is 0 Å². The molecule has 0 N–H and O–H groups in total. The normalized spacial score (nSPS) is 25.5. The summed E-state index contributed by atoms with van der Waals surface area (Å²) in [6.07, 6.45) is 4.59. The molecule has 1 nitrogen and oxygen atoms in total. The molecule has 1 unspecified atom stereocenters. The molecule has 1 aliphatic heterocycles. The summed E-state index contributed by atoms with van der Waals surface area (Å²) >= 11 is 1.82. The molecule has 0 aromatic carbocycles. The molecular weight excluding hydrogens is 172 g/mol. The second-order valence-electron chi connectivity index (χ2n) is 3.75. The first-order valence-corrected chi connectivity index (χ1v) is 8.41. The Kier molecular flexibility index (Phi) is 3.22. The Balaban J connectivity index is 2.32. The summed E-state index contributed by atoms with van der Waals surface area (Å²) in [5, 5.41) is 2.16. The number of hydrogen-bond donors (Lipinski definition) is 0. The van der Waals surface area contributed by atoms with Crippen molar-refractivity contribution in [1.82, 2.24) is 0 Å². The van der Waals surface area contributed by atoms with E-state index in [9.17, 15) is 0 Å². The Bertz CT molecular complexity index is 151. The van der Waals surface area contributed by atoms with E-state index in [1.807, 2.05) is 11.8 Å². The van der Waals surface area contributed by atoms with E-state index in [-0.39, 0.29) is 0 Å². The third kappa shape index (κ3) is 3.99. The van der Waals surface area contributed by atoms with Crippen molar-refractivity contribution >= 4 is 20.1 Å². The molecule has 1 aliphatic rings. The van der Waals surface area contributed by atoms with Crippen LogP contribution in [-0.2, 0) is 4.43 Å². The summed E-state index contributed by atoms with van der Waals surface area (Å²) in [7, 11) is -1.30. The Hall–Kier alpha value is 0.267. The minimum Gasteiger partial charge on any atom is -0.406 e. The van der Waals surface area contributed by atoms with Crippen molar-refractivity contribution in [3.63, 3.8) is 0 Å². The summed E-state index contributed by atoms with van der Waals surface area (Å²) in [6.45, 7) is 6.73. The van der Waals surface area contributed by atoms with Crippen molar-refractivity contribution < 1.29 is 4.43 Å². The molecule has 0 aromatic heterocycles. The van der Waals surface area contributed by atoms with Crippen molar-refractivity contribution in [2.75, 3.05) is 0 Å². The van der Waals surface area contributed by atoms with Crippen LogP contribution >= 0.6 is 11.8 Å². The predicted octanol–water partition coefficient (Wildman–Crippen LogP) is 3.20. The Morgan fingerprint density at radius 1 is 1.45 bits per heavy atom. The molecule has 0 aromatic rings. The quantitative estimate of drug-likeness (QED) is 0.615. The first-order chi connectivity index (χ1) is 5.08. The monoisotopic (exact) mass is 188 g/mol. The van der Waals surface area contributed by atoms with E-state index < -0.39 is 8.32 Å². The molecule has 0 fully saturated rings. The van der Waals surface area contributed by atoms with Gasteiger partial charge >= 0.3 is 0 Å². The fourth-order valence-electron chi connectivity index (χ4n) is 0.993. The summed E-state index contributed by atoms with van der Waals surface area (Å²) in [5.41, 5.74) is 0.437. The Labute approximate surface area is 74.3 Å². The largest absolute Gasteiger partial charge is 0.406 e. The first-order valence-electron chi connectivity index (χ1n) is 4.06. The molecular formula is C8H16OSSi. The van der Waals surface area contributed by atoms with Crippen LogP contribution in [0.1, 0.15) is 12.8 Å². The van der Waals surface area contributed by atoms with Crippen LogP contribution in [0.3, 0.4) is 0 Å². The highest BCUT2D eigenvalue weighted by molar-refractivity contribution is 8.02. The predicted molar refractivity (Wildman–Crippen MR) is 54.2 cm³/mol. The van der Waals surface area contributed by atoms with Gasteiger partial charge in [0.05, 0.1) is 5.44 Å². The van der Waals surface area contributed by atoms with Gasteiger partial charge in [0, 0.05) is 0 Å². The molecule has 0 spiro atoms. The Morgan fingerprint density at radius 3 is 2.64 bits per heavy atom. The Morgan fingerprint density at radius 2 is 2.18 bits per heavy atom. The van der Waals surface area contributed by atoms with Gasteiger partial charge in [-0.1, -0.05) is 6.08 Å². The van der Waals surface area contributed by atoms with Gasteiger partial charge in [0.25, 0.3) is 0 Å². The van der Waals surface area contributed by atoms with Crippen LogP contribution in [0, 0.1) is 0 Å². The van der Waals surface area contributed by atoms with Crippen molar-refractivity contribution in [2.24, 2.45) is 0 Å². The van der Waals surface area contributed by atoms with Gasteiger partial charge in [0.2, 0.25) is 0 Å². The molecule has 64 valence electrons. The maximum atomic E-state index is 5.93. The van der Waals surface area contributed by atoms with E-state index in [0.717, 1.165) is 0 Å². The second kappa shape index (κ2) is 3.78. The van der Waals surface area contributed by atoms with Crippen LogP contribution in [0.5, 0.6) is 0 Å². The number of thioether (sulfide) groups is 1. The third-order valence-electron chi connectivity index (χ3n) is 1.38. The zero-order valence-corrected chi connectivity index (χ0v) is 9.28. The van der Waals surface area contributed by atoms with Gasteiger partial charge in [0.15, 0.2) is 8.32 Å². The lowest BCUT2D eigenvalue weighted by atomic mass is 10.3. The van der Waals surface area contributed by atoms with E-state index in [1.54, 1.807) is 0 Å². The summed E-state index contributed by atoms with van der Waals surface area (Å²) in [5.74, 6) is 0. The minimum atomic E-state index is -1.30. The van der Waals surface area contributed by atoms with Gasteiger partial charge in [-0.3, -0.25) is 0 Å². The highest BCUT2D eigenvalue weighted by Gasteiger charge is 2.21. The van der Waals surface area contributed by atoms with Gasteiger partial charge in [-0.05, 0) is 37.9 Å². The van der Waals surface area contributed by atoms with E-state index in [0.29, 0.717) is 5.44 Å².